The molecule has 0 radical (unpaired) electrons. The molecule has 4 rings (SSSR count). The predicted octanol–water partition coefficient (Wildman–Crippen LogP) is 3.33. The molecule has 7 heteroatoms. The van der Waals surface area contributed by atoms with Crippen LogP contribution in [0.5, 0.6) is 11.5 Å². The van der Waals surface area contributed by atoms with Gasteiger partial charge in [-0.2, -0.15) is 5.10 Å². The SMILES string of the molecule is COc1ccc(OC)c([C@@H]2CC(c3cc(C)ccc3C)=NN2C(=O)CN2CCOCC2)c1. The zero-order chi connectivity index (χ0) is 22.7. The van der Waals surface area contributed by atoms with Gasteiger partial charge in [0, 0.05) is 30.6 Å². The third kappa shape index (κ3) is 4.64. The molecule has 1 amide bonds. The monoisotopic (exact) mass is 437 g/mol. The van der Waals surface area contributed by atoms with E-state index in [1.54, 1.807) is 19.2 Å². The molecule has 0 bridgehead atoms. The summed E-state index contributed by atoms with van der Waals surface area (Å²) in [5, 5.41) is 6.50. The van der Waals surface area contributed by atoms with Gasteiger partial charge in [-0.15, -0.1) is 0 Å². The molecule has 0 aromatic heterocycles. The Morgan fingerprint density at radius 2 is 1.88 bits per heavy atom. The first-order valence-corrected chi connectivity index (χ1v) is 11.0. The Labute approximate surface area is 189 Å². The first-order chi connectivity index (χ1) is 15.5. The molecule has 2 aliphatic rings. The summed E-state index contributed by atoms with van der Waals surface area (Å²) in [5.41, 5.74) is 5.20. The summed E-state index contributed by atoms with van der Waals surface area (Å²) < 4.78 is 16.5. The van der Waals surface area contributed by atoms with E-state index >= 15 is 0 Å². The second-order valence-corrected chi connectivity index (χ2v) is 8.32. The van der Waals surface area contributed by atoms with Crippen LogP contribution in [-0.4, -0.2) is 68.6 Å². The van der Waals surface area contributed by atoms with Crippen LogP contribution in [0.25, 0.3) is 0 Å². The van der Waals surface area contributed by atoms with Crippen molar-refractivity contribution in [1.29, 1.82) is 0 Å². The number of amides is 1. The molecule has 1 saturated heterocycles. The van der Waals surface area contributed by atoms with Crippen LogP contribution in [0.4, 0.5) is 0 Å². The van der Waals surface area contributed by atoms with Crippen LogP contribution in [0.3, 0.4) is 0 Å². The van der Waals surface area contributed by atoms with Crippen molar-refractivity contribution in [2.24, 2.45) is 5.10 Å². The van der Waals surface area contributed by atoms with Crippen molar-refractivity contribution in [3.05, 3.63) is 58.7 Å². The van der Waals surface area contributed by atoms with Crippen molar-refractivity contribution in [3.8, 4) is 11.5 Å². The summed E-state index contributed by atoms with van der Waals surface area (Å²) in [5.74, 6) is 1.42. The van der Waals surface area contributed by atoms with E-state index in [1.165, 1.54) is 5.56 Å². The van der Waals surface area contributed by atoms with E-state index in [4.69, 9.17) is 19.3 Å². The van der Waals surface area contributed by atoms with Crippen molar-refractivity contribution in [1.82, 2.24) is 9.91 Å². The number of hydrazone groups is 1. The lowest BCUT2D eigenvalue weighted by atomic mass is 9.94. The van der Waals surface area contributed by atoms with Crippen molar-refractivity contribution in [2.75, 3.05) is 47.1 Å². The number of morpholine rings is 1. The average molecular weight is 438 g/mol. The molecule has 1 atom stereocenters. The van der Waals surface area contributed by atoms with Crippen LogP contribution in [0.2, 0.25) is 0 Å². The molecular weight excluding hydrogens is 406 g/mol. The first-order valence-electron chi connectivity index (χ1n) is 11.0. The number of methoxy groups -OCH3 is 2. The Morgan fingerprint density at radius 1 is 1.09 bits per heavy atom. The molecule has 0 N–H and O–H groups in total. The average Bonchev–Trinajstić information content (AvgIpc) is 3.26. The number of hydrogen-bond acceptors (Lipinski definition) is 6. The van der Waals surface area contributed by atoms with Crippen molar-refractivity contribution >= 4 is 11.6 Å². The van der Waals surface area contributed by atoms with Crippen LogP contribution in [0.15, 0.2) is 41.5 Å². The van der Waals surface area contributed by atoms with Gasteiger partial charge in [-0.1, -0.05) is 17.7 Å². The van der Waals surface area contributed by atoms with E-state index < -0.39 is 0 Å². The van der Waals surface area contributed by atoms with Crippen LogP contribution >= 0.6 is 0 Å². The Kier molecular flexibility index (Phi) is 6.77. The van der Waals surface area contributed by atoms with Crippen LogP contribution in [0, 0.1) is 13.8 Å². The van der Waals surface area contributed by atoms with Crippen LogP contribution in [0.1, 0.15) is 34.7 Å². The third-order valence-electron chi connectivity index (χ3n) is 6.13. The molecule has 2 heterocycles. The van der Waals surface area contributed by atoms with Crippen molar-refractivity contribution in [2.45, 2.75) is 26.3 Å². The normalized spacial score (nSPS) is 19.1. The number of aryl methyl sites for hydroxylation is 2. The number of carbonyl (C=O) groups excluding carboxylic acids is 1. The fourth-order valence-corrected chi connectivity index (χ4v) is 4.31. The van der Waals surface area contributed by atoms with Gasteiger partial charge in [0.1, 0.15) is 11.5 Å². The molecule has 0 spiro atoms. The van der Waals surface area contributed by atoms with Gasteiger partial charge in [-0.05, 0) is 43.7 Å². The number of ether oxygens (including phenoxy) is 3. The number of carbonyl (C=O) groups is 1. The Bertz CT molecular complexity index is 1010. The molecule has 2 aliphatic heterocycles. The van der Waals surface area contributed by atoms with Gasteiger partial charge in [0.25, 0.3) is 5.91 Å². The molecule has 2 aromatic carbocycles. The highest BCUT2D eigenvalue weighted by Gasteiger charge is 2.36. The molecule has 0 saturated carbocycles. The van der Waals surface area contributed by atoms with E-state index in [1.807, 2.05) is 18.2 Å². The van der Waals surface area contributed by atoms with E-state index in [0.29, 0.717) is 26.2 Å². The summed E-state index contributed by atoms with van der Waals surface area (Å²) >= 11 is 0. The molecule has 170 valence electrons. The summed E-state index contributed by atoms with van der Waals surface area (Å²) in [4.78, 5) is 15.6. The summed E-state index contributed by atoms with van der Waals surface area (Å²) in [7, 11) is 3.28. The Balaban J connectivity index is 1.71. The molecular formula is C25H31N3O4. The van der Waals surface area contributed by atoms with Gasteiger partial charge in [-0.25, -0.2) is 5.01 Å². The molecule has 0 unspecified atom stereocenters. The lowest BCUT2D eigenvalue weighted by Gasteiger charge is -2.29. The van der Waals surface area contributed by atoms with Gasteiger partial charge in [0.15, 0.2) is 0 Å². The maximum absolute atomic E-state index is 13.4. The van der Waals surface area contributed by atoms with E-state index in [2.05, 4.69) is 36.9 Å². The highest BCUT2D eigenvalue weighted by Crippen LogP contribution is 2.39. The summed E-state index contributed by atoms with van der Waals surface area (Å²) in [6, 6.07) is 11.8. The largest absolute Gasteiger partial charge is 0.497 e. The highest BCUT2D eigenvalue weighted by atomic mass is 16.5. The molecule has 7 nitrogen and oxygen atoms in total. The molecule has 32 heavy (non-hydrogen) atoms. The van der Waals surface area contributed by atoms with Crippen LogP contribution < -0.4 is 9.47 Å². The van der Waals surface area contributed by atoms with Gasteiger partial charge in [0.05, 0.1) is 45.7 Å². The minimum atomic E-state index is -0.261. The van der Waals surface area contributed by atoms with Gasteiger partial charge < -0.3 is 14.2 Å². The standard InChI is InChI=1S/C25H31N3O4/c1-17-5-6-18(2)20(13-17)22-15-23(21-14-19(30-3)7-8-24(21)31-4)28(26-22)25(29)16-27-9-11-32-12-10-27/h5-8,13-14,23H,9-12,15-16H2,1-4H3/t23-/m0/s1. The molecule has 2 aromatic rings. The fourth-order valence-electron chi connectivity index (χ4n) is 4.31. The number of hydrogen-bond donors (Lipinski definition) is 0. The smallest absolute Gasteiger partial charge is 0.257 e. The quantitative estimate of drug-likeness (QED) is 0.694. The van der Waals surface area contributed by atoms with Crippen molar-refractivity contribution in [3.63, 3.8) is 0 Å². The second kappa shape index (κ2) is 9.71. The Morgan fingerprint density at radius 3 is 2.59 bits per heavy atom. The summed E-state index contributed by atoms with van der Waals surface area (Å²) in [6.45, 7) is 7.27. The summed E-state index contributed by atoms with van der Waals surface area (Å²) in [6.07, 6.45) is 0.614. The highest BCUT2D eigenvalue weighted by molar-refractivity contribution is 6.04. The first kappa shape index (κ1) is 22.3. The number of nitrogens with zero attached hydrogens (tertiary/aromatic N) is 3. The minimum absolute atomic E-state index is 0.0259. The lowest BCUT2D eigenvalue weighted by Crippen LogP contribution is -2.43. The minimum Gasteiger partial charge on any atom is -0.497 e. The molecule has 0 aliphatic carbocycles. The lowest BCUT2D eigenvalue weighted by molar-refractivity contribution is -0.135. The van der Waals surface area contributed by atoms with Crippen molar-refractivity contribution < 1.29 is 19.0 Å². The van der Waals surface area contributed by atoms with E-state index in [9.17, 15) is 4.79 Å². The van der Waals surface area contributed by atoms with E-state index in [0.717, 1.165) is 47.0 Å². The van der Waals surface area contributed by atoms with Crippen LogP contribution in [-0.2, 0) is 9.53 Å². The van der Waals surface area contributed by atoms with Gasteiger partial charge in [-0.3, -0.25) is 9.69 Å². The third-order valence-corrected chi connectivity index (χ3v) is 6.13. The maximum atomic E-state index is 13.4. The Hall–Kier alpha value is -2.90. The zero-order valence-electron chi connectivity index (χ0n) is 19.3. The maximum Gasteiger partial charge on any atom is 0.257 e. The topological polar surface area (TPSA) is 63.6 Å². The zero-order valence-corrected chi connectivity index (χ0v) is 19.3. The van der Waals surface area contributed by atoms with E-state index in [-0.39, 0.29) is 11.9 Å². The van der Waals surface area contributed by atoms with Gasteiger partial charge in [0.2, 0.25) is 0 Å². The number of rotatable bonds is 6. The second-order valence-electron chi connectivity index (χ2n) is 8.32. The fraction of sp³-hybridized carbons (Fsp3) is 0.440. The predicted molar refractivity (Wildman–Crippen MR) is 123 cm³/mol. The van der Waals surface area contributed by atoms with Gasteiger partial charge >= 0.3 is 0 Å². The number of benzene rings is 2. The molecule has 1 fully saturated rings.